The molecule has 0 heterocycles. The van der Waals surface area contributed by atoms with Crippen LogP contribution in [0, 0.1) is 17.3 Å². The van der Waals surface area contributed by atoms with E-state index in [1.165, 1.54) is 0 Å². The van der Waals surface area contributed by atoms with E-state index in [0.29, 0.717) is 6.42 Å². The van der Waals surface area contributed by atoms with Crippen molar-refractivity contribution in [3.05, 3.63) is 0 Å². The van der Waals surface area contributed by atoms with Crippen molar-refractivity contribution < 1.29 is 18.3 Å². The standard InChI is InChI=1S/C11H19F3O/c1-10(2,3)8-6-4-5-7(8)9(15)11(12,13)14/h7-9,15H,4-6H2,1-3H3. The second kappa shape index (κ2) is 3.96. The molecule has 0 radical (unpaired) electrons. The zero-order valence-corrected chi connectivity index (χ0v) is 9.43. The molecule has 1 aliphatic carbocycles. The lowest BCUT2D eigenvalue weighted by molar-refractivity contribution is -0.225. The van der Waals surface area contributed by atoms with Crippen LogP contribution in [0.25, 0.3) is 0 Å². The molecule has 1 N–H and O–H groups in total. The van der Waals surface area contributed by atoms with Crippen LogP contribution in [0.4, 0.5) is 13.2 Å². The predicted molar refractivity (Wildman–Crippen MR) is 52.3 cm³/mol. The highest BCUT2D eigenvalue weighted by Gasteiger charge is 2.49. The first-order valence-electron chi connectivity index (χ1n) is 5.39. The molecular formula is C11H19F3O. The third-order valence-corrected chi connectivity index (χ3v) is 3.42. The van der Waals surface area contributed by atoms with Crippen molar-refractivity contribution in [1.82, 2.24) is 0 Å². The van der Waals surface area contributed by atoms with Gasteiger partial charge in [0.25, 0.3) is 0 Å². The Kier molecular flexibility index (Phi) is 3.39. The van der Waals surface area contributed by atoms with E-state index in [0.717, 1.165) is 12.8 Å². The monoisotopic (exact) mass is 224 g/mol. The first-order valence-corrected chi connectivity index (χ1v) is 5.39. The Balaban J connectivity index is 2.77. The molecule has 90 valence electrons. The third-order valence-electron chi connectivity index (χ3n) is 3.42. The number of aliphatic hydroxyl groups excluding tert-OH is 1. The van der Waals surface area contributed by atoms with Gasteiger partial charge >= 0.3 is 6.18 Å². The van der Waals surface area contributed by atoms with Crippen molar-refractivity contribution in [2.24, 2.45) is 17.3 Å². The Labute approximate surface area is 88.7 Å². The molecule has 0 spiro atoms. The van der Waals surface area contributed by atoms with Crippen molar-refractivity contribution in [2.75, 3.05) is 0 Å². The largest absolute Gasteiger partial charge is 0.414 e. The lowest BCUT2D eigenvalue weighted by Crippen LogP contribution is -2.40. The lowest BCUT2D eigenvalue weighted by atomic mass is 9.73. The minimum Gasteiger partial charge on any atom is -0.383 e. The maximum atomic E-state index is 12.4. The van der Waals surface area contributed by atoms with E-state index >= 15 is 0 Å². The van der Waals surface area contributed by atoms with Gasteiger partial charge in [0.2, 0.25) is 0 Å². The molecule has 0 aromatic carbocycles. The summed E-state index contributed by atoms with van der Waals surface area (Å²) in [5.74, 6) is -0.654. The molecule has 1 saturated carbocycles. The number of hydrogen-bond acceptors (Lipinski definition) is 1. The fourth-order valence-corrected chi connectivity index (χ4v) is 2.68. The van der Waals surface area contributed by atoms with Crippen molar-refractivity contribution in [2.45, 2.75) is 52.3 Å². The van der Waals surface area contributed by atoms with Gasteiger partial charge in [0.1, 0.15) is 0 Å². The fourth-order valence-electron chi connectivity index (χ4n) is 2.68. The molecule has 0 aromatic rings. The van der Waals surface area contributed by atoms with E-state index in [1.54, 1.807) is 0 Å². The Morgan fingerprint density at radius 1 is 1.13 bits per heavy atom. The zero-order valence-electron chi connectivity index (χ0n) is 9.43. The maximum absolute atomic E-state index is 12.4. The Hall–Kier alpha value is -0.250. The normalized spacial score (nSPS) is 30.6. The van der Waals surface area contributed by atoms with Crippen LogP contribution in [0.2, 0.25) is 0 Å². The molecule has 0 aromatic heterocycles. The average Bonchev–Trinajstić information content (AvgIpc) is 2.47. The van der Waals surface area contributed by atoms with E-state index in [-0.39, 0.29) is 11.3 Å². The Morgan fingerprint density at radius 3 is 2.07 bits per heavy atom. The molecule has 1 fully saturated rings. The van der Waals surface area contributed by atoms with E-state index in [2.05, 4.69) is 0 Å². The first kappa shape index (κ1) is 12.8. The number of rotatable bonds is 1. The molecule has 15 heavy (non-hydrogen) atoms. The van der Waals surface area contributed by atoms with E-state index in [9.17, 15) is 18.3 Å². The van der Waals surface area contributed by atoms with Crippen molar-refractivity contribution in [1.29, 1.82) is 0 Å². The average molecular weight is 224 g/mol. The van der Waals surface area contributed by atoms with Gasteiger partial charge in [-0.1, -0.05) is 27.2 Å². The molecular weight excluding hydrogens is 205 g/mol. The van der Waals surface area contributed by atoms with Gasteiger partial charge in [0.05, 0.1) is 0 Å². The summed E-state index contributed by atoms with van der Waals surface area (Å²) in [6.07, 6.45) is -4.55. The van der Waals surface area contributed by atoms with Gasteiger partial charge in [-0.2, -0.15) is 13.2 Å². The predicted octanol–water partition coefficient (Wildman–Crippen LogP) is 3.37. The van der Waals surface area contributed by atoms with Crippen LogP contribution in [0.1, 0.15) is 40.0 Å². The highest BCUT2D eigenvalue weighted by Crippen LogP contribution is 2.47. The second-order valence-corrected chi connectivity index (χ2v) is 5.55. The summed E-state index contributed by atoms with van der Waals surface area (Å²) in [5, 5.41) is 9.29. The number of halogens is 3. The second-order valence-electron chi connectivity index (χ2n) is 5.55. The summed E-state index contributed by atoms with van der Waals surface area (Å²) in [4.78, 5) is 0. The minimum absolute atomic E-state index is 0.0332. The topological polar surface area (TPSA) is 20.2 Å². The highest BCUT2D eigenvalue weighted by atomic mass is 19.4. The molecule has 1 rings (SSSR count). The molecule has 0 bridgehead atoms. The summed E-state index contributed by atoms with van der Waals surface area (Å²) in [6, 6.07) is 0. The molecule has 0 saturated heterocycles. The summed E-state index contributed by atoms with van der Waals surface area (Å²) in [7, 11) is 0. The summed E-state index contributed by atoms with van der Waals surface area (Å²) >= 11 is 0. The van der Waals surface area contributed by atoms with Gasteiger partial charge in [-0.3, -0.25) is 0 Å². The minimum atomic E-state index is -4.47. The van der Waals surface area contributed by atoms with Crippen LogP contribution in [-0.4, -0.2) is 17.4 Å². The summed E-state index contributed by atoms with van der Waals surface area (Å²) in [5.41, 5.74) is -0.159. The van der Waals surface area contributed by atoms with Gasteiger partial charge in [-0.25, -0.2) is 0 Å². The van der Waals surface area contributed by atoms with Crippen LogP contribution in [0.15, 0.2) is 0 Å². The molecule has 3 unspecified atom stereocenters. The van der Waals surface area contributed by atoms with Gasteiger partial charge in [-0.05, 0) is 30.1 Å². The third kappa shape index (κ3) is 2.86. The number of alkyl halides is 3. The SMILES string of the molecule is CC(C)(C)C1CCCC1C(O)C(F)(F)F. The van der Waals surface area contributed by atoms with Crippen molar-refractivity contribution in [3.63, 3.8) is 0 Å². The van der Waals surface area contributed by atoms with Gasteiger partial charge < -0.3 is 5.11 Å². The summed E-state index contributed by atoms with van der Waals surface area (Å²) < 4.78 is 37.2. The van der Waals surface area contributed by atoms with Crippen LogP contribution < -0.4 is 0 Å². The van der Waals surface area contributed by atoms with Gasteiger partial charge in [-0.15, -0.1) is 0 Å². The smallest absolute Gasteiger partial charge is 0.383 e. The maximum Gasteiger partial charge on any atom is 0.414 e. The van der Waals surface area contributed by atoms with Crippen LogP contribution in [0.3, 0.4) is 0 Å². The van der Waals surface area contributed by atoms with Gasteiger partial charge in [0.15, 0.2) is 6.10 Å². The van der Waals surface area contributed by atoms with Crippen molar-refractivity contribution >= 4 is 0 Å². The highest BCUT2D eigenvalue weighted by molar-refractivity contribution is 4.91. The quantitative estimate of drug-likeness (QED) is 0.724. The van der Waals surface area contributed by atoms with Crippen LogP contribution in [-0.2, 0) is 0 Å². The summed E-state index contributed by atoms with van der Waals surface area (Å²) in [6.45, 7) is 5.83. The molecule has 4 heteroatoms. The number of hydrogen-bond donors (Lipinski definition) is 1. The van der Waals surface area contributed by atoms with E-state index in [4.69, 9.17) is 0 Å². The lowest BCUT2D eigenvalue weighted by Gasteiger charge is -2.35. The van der Waals surface area contributed by atoms with Crippen molar-refractivity contribution in [3.8, 4) is 0 Å². The molecule has 1 nitrogen and oxygen atoms in total. The zero-order chi connectivity index (χ0) is 11.9. The number of aliphatic hydroxyl groups is 1. The first-order chi connectivity index (χ1) is 6.64. The molecule has 0 aliphatic heterocycles. The Bertz CT molecular complexity index is 217. The van der Waals surface area contributed by atoms with E-state index in [1.807, 2.05) is 20.8 Å². The van der Waals surface area contributed by atoms with Crippen LogP contribution >= 0.6 is 0 Å². The molecule has 0 amide bonds. The van der Waals surface area contributed by atoms with Gasteiger partial charge in [0, 0.05) is 0 Å². The van der Waals surface area contributed by atoms with E-state index < -0.39 is 18.2 Å². The fraction of sp³-hybridized carbons (Fsp3) is 1.00. The molecule has 3 atom stereocenters. The van der Waals surface area contributed by atoms with Crippen LogP contribution in [0.5, 0.6) is 0 Å². The molecule has 1 aliphatic rings. The Morgan fingerprint density at radius 2 is 1.67 bits per heavy atom.